The molecule has 0 unspecified atom stereocenters. The van der Waals surface area contributed by atoms with Gasteiger partial charge in [-0.3, -0.25) is 19.2 Å². The van der Waals surface area contributed by atoms with E-state index in [0.29, 0.717) is 12.3 Å². The molecule has 0 radical (unpaired) electrons. The highest BCUT2D eigenvalue weighted by Gasteiger charge is 2.27. The molecule has 3 rings (SSSR count). The minimum absolute atomic E-state index is 0.0110. The molecule has 0 atom stereocenters. The van der Waals surface area contributed by atoms with Gasteiger partial charge >= 0.3 is 0 Å². The fourth-order valence-corrected chi connectivity index (χ4v) is 4.91. The van der Waals surface area contributed by atoms with Crippen LogP contribution < -0.4 is 9.62 Å². The first-order chi connectivity index (χ1) is 15.4. The number of anilines is 1. The van der Waals surface area contributed by atoms with Crippen LogP contribution in [0.1, 0.15) is 0 Å². The Hall–Kier alpha value is -3.44. The van der Waals surface area contributed by atoms with Crippen molar-refractivity contribution < 1.29 is 18.1 Å². The molecular weight excluding hydrogens is 452 g/mol. The van der Waals surface area contributed by atoms with Gasteiger partial charge in [0.05, 0.1) is 20.5 Å². The van der Waals surface area contributed by atoms with E-state index in [2.05, 4.69) is 10.3 Å². The molecular formula is C21H20N4O5S2. The first-order valence-corrected chi connectivity index (χ1v) is 11.9. The molecule has 1 heterocycles. The lowest BCUT2D eigenvalue weighted by Crippen LogP contribution is -2.41. The van der Waals surface area contributed by atoms with Crippen LogP contribution in [0.5, 0.6) is 0 Å². The lowest BCUT2D eigenvalue weighted by Gasteiger charge is -2.24. The van der Waals surface area contributed by atoms with Crippen LogP contribution in [0, 0.1) is 10.1 Å². The maximum atomic E-state index is 13.2. The molecule has 0 aliphatic carbocycles. The predicted molar refractivity (Wildman–Crippen MR) is 122 cm³/mol. The van der Waals surface area contributed by atoms with Gasteiger partial charge in [0.25, 0.3) is 15.7 Å². The van der Waals surface area contributed by atoms with E-state index in [4.69, 9.17) is 0 Å². The molecule has 0 saturated carbocycles. The van der Waals surface area contributed by atoms with Crippen molar-refractivity contribution in [1.82, 2.24) is 10.3 Å². The Morgan fingerprint density at radius 2 is 1.72 bits per heavy atom. The number of hydrogen-bond donors (Lipinski definition) is 1. The summed E-state index contributed by atoms with van der Waals surface area (Å²) in [4.78, 5) is 27.1. The van der Waals surface area contributed by atoms with E-state index in [9.17, 15) is 23.3 Å². The molecule has 0 spiro atoms. The minimum atomic E-state index is -4.07. The molecule has 166 valence electrons. The van der Waals surface area contributed by atoms with E-state index >= 15 is 0 Å². The summed E-state index contributed by atoms with van der Waals surface area (Å²) in [5.41, 5.74) is -0.0285. The number of thioether (sulfide) groups is 1. The number of carbonyl (C=O) groups is 1. The van der Waals surface area contributed by atoms with Crippen molar-refractivity contribution >= 4 is 39.1 Å². The van der Waals surface area contributed by atoms with Gasteiger partial charge in [-0.15, -0.1) is 11.8 Å². The number of rotatable bonds is 10. The monoisotopic (exact) mass is 472 g/mol. The zero-order valence-electron chi connectivity index (χ0n) is 16.8. The molecule has 0 aliphatic rings. The number of carbonyl (C=O) groups excluding carboxylic acids is 1. The molecule has 0 aliphatic heterocycles. The fourth-order valence-electron chi connectivity index (χ4n) is 2.74. The van der Waals surface area contributed by atoms with Crippen LogP contribution in [-0.4, -0.2) is 43.1 Å². The molecule has 0 bridgehead atoms. The third-order valence-corrected chi connectivity index (χ3v) is 7.01. The standard InChI is InChI=1S/C21H20N4O5S2/c26-20(22-14-15-31-21-8-4-5-13-23-21)16-24(17-9-11-18(12-10-17)25(27)28)32(29,30)19-6-2-1-3-7-19/h1-13H,14-16H2,(H,22,26). The van der Waals surface area contributed by atoms with Crippen LogP contribution in [0.4, 0.5) is 11.4 Å². The molecule has 1 amide bonds. The zero-order chi connectivity index (χ0) is 23.0. The second kappa shape index (κ2) is 10.7. The topological polar surface area (TPSA) is 123 Å². The van der Waals surface area contributed by atoms with E-state index in [1.807, 2.05) is 18.2 Å². The predicted octanol–water partition coefficient (Wildman–Crippen LogP) is 3.09. The Bertz CT molecular complexity index is 1160. The summed E-state index contributed by atoms with van der Waals surface area (Å²) in [6.45, 7) is -0.150. The normalized spacial score (nSPS) is 11.0. The highest BCUT2D eigenvalue weighted by Crippen LogP contribution is 2.25. The van der Waals surface area contributed by atoms with Crippen molar-refractivity contribution in [3.8, 4) is 0 Å². The summed E-state index contributed by atoms with van der Waals surface area (Å²) in [5.74, 6) is 0.0654. The summed E-state index contributed by atoms with van der Waals surface area (Å²) in [6, 6.07) is 18.2. The average molecular weight is 473 g/mol. The molecule has 9 nitrogen and oxygen atoms in total. The average Bonchev–Trinajstić information content (AvgIpc) is 2.81. The molecule has 32 heavy (non-hydrogen) atoms. The number of sulfonamides is 1. The number of amides is 1. The molecule has 2 aromatic carbocycles. The Labute approximate surface area is 189 Å². The summed E-state index contributed by atoms with van der Waals surface area (Å²) in [5, 5.41) is 14.5. The highest BCUT2D eigenvalue weighted by atomic mass is 32.2. The second-order valence-corrected chi connectivity index (χ2v) is 9.44. The van der Waals surface area contributed by atoms with Crippen LogP contribution in [-0.2, 0) is 14.8 Å². The van der Waals surface area contributed by atoms with Crippen molar-refractivity contribution in [3.05, 3.63) is 89.1 Å². The first-order valence-electron chi connectivity index (χ1n) is 9.51. The molecule has 1 N–H and O–H groups in total. The quantitative estimate of drug-likeness (QED) is 0.208. The summed E-state index contributed by atoms with van der Waals surface area (Å²) < 4.78 is 27.3. The summed E-state index contributed by atoms with van der Waals surface area (Å²) in [7, 11) is -4.07. The number of benzene rings is 2. The molecule has 0 saturated heterocycles. The first kappa shape index (κ1) is 23.2. The summed E-state index contributed by atoms with van der Waals surface area (Å²) in [6.07, 6.45) is 1.68. The van der Waals surface area contributed by atoms with Gasteiger partial charge in [0.15, 0.2) is 0 Å². The van der Waals surface area contributed by atoms with Crippen LogP contribution in [0.3, 0.4) is 0 Å². The number of nitrogens with one attached hydrogen (secondary N) is 1. The third kappa shape index (κ3) is 6.05. The van der Waals surface area contributed by atoms with Gasteiger partial charge in [-0.25, -0.2) is 13.4 Å². The molecule has 1 aromatic heterocycles. The lowest BCUT2D eigenvalue weighted by molar-refractivity contribution is -0.384. The number of nitro groups is 1. The van der Waals surface area contributed by atoms with Gasteiger partial charge in [-0.05, 0) is 36.4 Å². The third-order valence-electron chi connectivity index (χ3n) is 4.28. The van der Waals surface area contributed by atoms with Gasteiger partial charge in [-0.2, -0.15) is 0 Å². The van der Waals surface area contributed by atoms with E-state index in [1.54, 1.807) is 24.4 Å². The number of aromatic nitrogens is 1. The van der Waals surface area contributed by atoms with Crippen LogP contribution in [0.25, 0.3) is 0 Å². The maximum Gasteiger partial charge on any atom is 0.269 e. The lowest BCUT2D eigenvalue weighted by atomic mass is 10.3. The van der Waals surface area contributed by atoms with Crippen molar-refractivity contribution in [2.75, 3.05) is 23.1 Å². The number of nitrogens with zero attached hydrogens (tertiary/aromatic N) is 3. The van der Waals surface area contributed by atoms with E-state index in [1.165, 1.54) is 48.2 Å². The van der Waals surface area contributed by atoms with Crippen LogP contribution in [0.15, 0.2) is 88.9 Å². The maximum absolute atomic E-state index is 13.2. The zero-order valence-corrected chi connectivity index (χ0v) is 18.5. The van der Waals surface area contributed by atoms with Gasteiger partial charge in [-0.1, -0.05) is 24.3 Å². The number of non-ortho nitro benzene ring substituents is 1. The van der Waals surface area contributed by atoms with Crippen molar-refractivity contribution in [2.45, 2.75) is 9.92 Å². The fraction of sp³-hybridized carbons (Fsp3) is 0.143. The number of hydrogen-bond acceptors (Lipinski definition) is 7. The Morgan fingerprint density at radius 1 is 1.03 bits per heavy atom. The Balaban J connectivity index is 1.73. The Morgan fingerprint density at radius 3 is 2.34 bits per heavy atom. The van der Waals surface area contributed by atoms with Gasteiger partial charge in [0, 0.05) is 30.6 Å². The Kier molecular flexibility index (Phi) is 7.79. The molecule has 0 fully saturated rings. The van der Waals surface area contributed by atoms with Crippen molar-refractivity contribution in [1.29, 1.82) is 0 Å². The summed E-state index contributed by atoms with van der Waals surface area (Å²) >= 11 is 1.46. The number of nitro benzene ring substituents is 1. The van der Waals surface area contributed by atoms with Crippen LogP contribution in [0.2, 0.25) is 0 Å². The van der Waals surface area contributed by atoms with Gasteiger partial charge in [0.1, 0.15) is 6.54 Å². The molecule has 11 heteroatoms. The van der Waals surface area contributed by atoms with E-state index in [-0.39, 0.29) is 16.3 Å². The van der Waals surface area contributed by atoms with Crippen molar-refractivity contribution in [2.24, 2.45) is 0 Å². The second-order valence-electron chi connectivity index (χ2n) is 6.46. The van der Waals surface area contributed by atoms with E-state index in [0.717, 1.165) is 9.33 Å². The number of pyridine rings is 1. The van der Waals surface area contributed by atoms with Crippen molar-refractivity contribution in [3.63, 3.8) is 0 Å². The van der Waals surface area contributed by atoms with Gasteiger partial charge < -0.3 is 5.32 Å². The van der Waals surface area contributed by atoms with E-state index < -0.39 is 27.4 Å². The SMILES string of the molecule is O=C(CN(c1ccc([N+](=O)[O-])cc1)S(=O)(=O)c1ccccc1)NCCSc1ccccn1. The molecule has 3 aromatic rings. The van der Waals surface area contributed by atoms with Gasteiger partial charge in [0.2, 0.25) is 5.91 Å². The smallest absolute Gasteiger partial charge is 0.269 e. The largest absolute Gasteiger partial charge is 0.354 e. The van der Waals surface area contributed by atoms with Crippen LogP contribution >= 0.6 is 11.8 Å². The minimum Gasteiger partial charge on any atom is -0.354 e. The highest BCUT2D eigenvalue weighted by molar-refractivity contribution is 7.99.